The fraction of sp³-hybridized carbons (Fsp3) is 0.211. The number of carbonyl (C=O) groups excluding carboxylic acids is 1. The topological polar surface area (TPSA) is 91.5 Å². The maximum absolute atomic E-state index is 13.6. The minimum atomic E-state index is -3.53. The first-order valence-corrected chi connectivity index (χ1v) is 12.4. The molecule has 12 heteroatoms. The quantitative estimate of drug-likeness (QED) is 0.222. The molecule has 0 saturated heterocycles. The second kappa shape index (κ2) is 11.6. The Morgan fingerprint density at radius 2 is 1.45 bits per heavy atom. The van der Waals surface area contributed by atoms with Gasteiger partial charge < -0.3 is 15.4 Å². The molecule has 0 heterocycles. The van der Waals surface area contributed by atoms with Crippen molar-refractivity contribution < 1.29 is 14.1 Å². The third-order valence-electron chi connectivity index (χ3n) is 3.86. The largest absolute Gasteiger partial charge is 0.469 e. The summed E-state index contributed by atoms with van der Waals surface area (Å²) < 4.78 is 18.4. The van der Waals surface area contributed by atoms with Gasteiger partial charge in [-0.3, -0.25) is 19.5 Å². The summed E-state index contributed by atoms with van der Waals surface area (Å²) in [6.07, 6.45) is -0.103. The van der Waals surface area contributed by atoms with E-state index in [2.05, 4.69) is 20.8 Å². The SMILES string of the molecule is COC(=O)C(C)CP(=O)(NC(=S)Nc1cccc(Cl)c1)NC(=S)Nc1cccc(Cl)c1. The molecule has 0 spiro atoms. The maximum atomic E-state index is 13.6. The molecule has 4 N–H and O–H groups in total. The van der Waals surface area contributed by atoms with Gasteiger partial charge in [0, 0.05) is 21.4 Å². The Morgan fingerprint density at radius 1 is 1.00 bits per heavy atom. The van der Waals surface area contributed by atoms with E-state index in [1.54, 1.807) is 55.5 Å². The van der Waals surface area contributed by atoms with Crippen LogP contribution in [0.1, 0.15) is 6.92 Å². The average Bonchev–Trinajstić information content (AvgIpc) is 2.66. The van der Waals surface area contributed by atoms with Crippen molar-refractivity contribution >= 4 is 82.6 Å². The maximum Gasteiger partial charge on any atom is 0.308 e. The predicted octanol–water partition coefficient (Wildman–Crippen LogP) is 5.27. The van der Waals surface area contributed by atoms with Crippen LogP contribution in [0.25, 0.3) is 0 Å². The Morgan fingerprint density at radius 3 is 1.84 bits per heavy atom. The first-order chi connectivity index (χ1) is 14.6. The van der Waals surface area contributed by atoms with Gasteiger partial charge in [-0.1, -0.05) is 42.3 Å². The van der Waals surface area contributed by atoms with Crippen molar-refractivity contribution in [3.8, 4) is 0 Å². The minimum absolute atomic E-state index is 0.0701. The van der Waals surface area contributed by atoms with Crippen LogP contribution in [0.15, 0.2) is 48.5 Å². The molecule has 0 aromatic heterocycles. The molecule has 1 unspecified atom stereocenters. The smallest absolute Gasteiger partial charge is 0.308 e. The number of methoxy groups -OCH3 is 1. The van der Waals surface area contributed by atoms with Crippen molar-refractivity contribution in [2.75, 3.05) is 23.9 Å². The molecule has 7 nitrogen and oxygen atoms in total. The zero-order chi connectivity index (χ0) is 23.0. The fourth-order valence-corrected chi connectivity index (χ4v) is 5.99. The highest BCUT2D eigenvalue weighted by Crippen LogP contribution is 2.39. The van der Waals surface area contributed by atoms with E-state index in [1.165, 1.54) is 7.11 Å². The molecule has 2 aromatic rings. The highest BCUT2D eigenvalue weighted by molar-refractivity contribution is 7.82. The van der Waals surface area contributed by atoms with Gasteiger partial charge >= 0.3 is 5.97 Å². The van der Waals surface area contributed by atoms with Gasteiger partial charge in [0.15, 0.2) is 10.2 Å². The highest BCUT2D eigenvalue weighted by Gasteiger charge is 2.30. The van der Waals surface area contributed by atoms with E-state index in [9.17, 15) is 9.36 Å². The van der Waals surface area contributed by atoms with Gasteiger partial charge in [-0.25, -0.2) is 0 Å². The molecule has 2 rings (SSSR count). The molecule has 0 bridgehead atoms. The molecule has 2 aromatic carbocycles. The summed E-state index contributed by atoms with van der Waals surface area (Å²) >= 11 is 22.6. The van der Waals surface area contributed by atoms with Crippen LogP contribution in [-0.2, 0) is 14.1 Å². The van der Waals surface area contributed by atoms with E-state index in [0.29, 0.717) is 21.4 Å². The zero-order valence-electron chi connectivity index (χ0n) is 16.6. The van der Waals surface area contributed by atoms with Crippen molar-refractivity contribution in [3.63, 3.8) is 0 Å². The van der Waals surface area contributed by atoms with Gasteiger partial charge in [0.1, 0.15) is 0 Å². The average molecular weight is 519 g/mol. The van der Waals surface area contributed by atoms with Crippen LogP contribution in [0.3, 0.4) is 0 Å². The van der Waals surface area contributed by atoms with Crippen molar-refractivity contribution in [2.45, 2.75) is 6.92 Å². The van der Waals surface area contributed by atoms with Crippen LogP contribution in [0, 0.1) is 5.92 Å². The lowest BCUT2D eigenvalue weighted by Crippen LogP contribution is -2.38. The van der Waals surface area contributed by atoms with E-state index < -0.39 is 19.3 Å². The highest BCUT2D eigenvalue weighted by atomic mass is 35.5. The van der Waals surface area contributed by atoms with Crippen LogP contribution in [-0.4, -0.2) is 29.5 Å². The number of halogens is 2. The van der Waals surface area contributed by atoms with Gasteiger partial charge in [0.2, 0.25) is 0 Å². The molecular formula is C19H21Cl2N4O3PS2. The Kier molecular flexibility index (Phi) is 9.53. The molecule has 166 valence electrons. The number of benzene rings is 2. The summed E-state index contributed by atoms with van der Waals surface area (Å²) in [5, 5.41) is 12.5. The summed E-state index contributed by atoms with van der Waals surface area (Å²) in [6, 6.07) is 13.7. The summed E-state index contributed by atoms with van der Waals surface area (Å²) in [5.41, 5.74) is 1.22. The van der Waals surface area contributed by atoms with Crippen LogP contribution >= 0.6 is 55.1 Å². The second-order valence-electron chi connectivity index (χ2n) is 6.50. The molecule has 0 aliphatic heterocycles. The van der Waals surface area contributed by atoms with Gasteiger partial charge in [-0.2, -0.15) is 0 Å². The summed E-state index contributed by atoms with van der Waals surface area (Å²) in [5.74, 6) is -1.19. The van der Waals surface area contributed by atoms with Crippen LogP contribution in [0.4, 0.5) is 11.4 Å². The van der Waals surface area contributed by atoms with Crippen molar-refractivity contribution in [1.82, 2.24) is 10.2 Å². The van der Waals surface area contributed by atoms with Gasteiger partial charge in [0.05, 0.1) is 19.2 Å². The van der Waals surface area contributed by atoms with Crippen molar-refractivity contribution in [3.05, 3.63) is 58.6 Å². The lowest BCUT2D eigenvalue weighted by molar-refractivity contribution is -0.144. The summed E-state index contributed by atoms with van der Waals surface area (Å²) in [7, 11) is -2.26. The molecule has 0 fully saturated rings. The van der Waals surface area contributed by atoms with Crippen molar-refractivity contribution in [2.24, 2.45) is 5.92 Å². The monoisotopic (exact) mass is 518 g/mol. The number of nitrogens with one attached hydrogen (secondary N) is 4. The first-order valence-electron chi connectivity index (χ1n) is 8.97. The number of thiocarbonyl (C=S) groups is 2. The molecule has 0 aliphatic carbocycles. The van der Waals surface area contributed by atoms with Crippen LogP contribution < -0.4 is 20.8 Å². The van der Waals surface area contributed by atoms with E-state index in [-0.39, 0.29) is 16.4 Å². The summed E-state index contributed by atoms with van der Waals surface area (Å²) in [4.78, 5) is 11.9. The van der Waals surface area contributed by atoms with Crippen molar-refractivity contribution in [1.29, 1.82) is 0 Å². The Labute approximate surface area is 201 Å². The molecule has 31 heavy (non-hydrogen) atoms. The molecule has 0 radical (unpaired) electrons. The zero-order valence-corrected chi connectivity index (χ0v) is 20.7. The number of hydrogen-bond donors (Lipinski definition) is 4. The Hall–Kier alpha value is -1.90. The number of anilines is 2. The van der Waals surface area contributed by atoms with Crippen LogP contribution in [0.5, 0.6) is 0 Å². The summed E-state index contributed by atoms with van der Waals surface area (Å²) in [6.45, 7) is 1.60. The second-order valence-corrected chi connectivity index (χ2v) is 10.5. The number of rotatable bonds is 7. The lowest BCUT2D eigenvalue weighted by atomic mass is 10.2. The molecule has 0 aliphatic rings. The minimum Gasteiger partial charge on any atom is -0.469 e. The molecule has 0 amide bonds. The Bertz CT molecular complexity index is 960. The lowest BCUT2D eigenvalue weighted by Gasteiger charge is -2.25. The standard InChI is InChI=1S/C19H21Cl2N4O3PS2/c1-12(17(26)28-2)11-29(27,24-18(30)22-15-7-3-5-13(20)9-15)25-19(31)23-16-8-4-6-14(21)10-16/h3-10,12H,11H2,1-2H3,(H4,22,23,24,25,27,30,31). The van der Waals surface area contributed by atoms with E-state index >= 15 is 0 Å². The fourth-order valence-electron chi connectivity index (χ4n) is 2.56. The third-order valence-corrected chi connectivity index (χ3v) is 7.28. The van der Waals surface area contributed by atoms with Gasteiger partial charge in [-0.15, -0.1) is 0 Å². The third kappa shape index (κ3) is 8.63. The van der Waals surface area contributed by atoms with E-state index in [4.69, 9.17) is 52.4 Å². The van der Waals surface area contributed by atoms with E-state index in [0.717, 1.165) is 0 Å². The molecular weight excluding hydrogens is 498 g/mol. The molecule has 0 saturated carbocycles. The van der Waals surface area contributed by atoms with Gasteiger partial charge in [0.25, 0.3) is 7.44 Å². The number of esters is 1. The number of hydrogen-bond acceptors (Lipinski definition) is 5. The molecule has 1 atom stereocenters. The first kappa shape index (κ1) is 25.4. The normalized spacial score (nSPS) is 11.7. The Balaban J connectivity index is 2.15. The van der Waals surface area contributed by atoms with Crippen LogP contribution in [0.2, 0.25) is 10.0 Å². The predicted molar refractivity (Wildman–Crippen MR) is 135 cm³/mol. The van der Waals surface area contributed by atoms with E-state index in [1.807, 2.05) is 0 Å². The van der Waals surface area contributed by atoms with Gasteiger partial charge in [-0.05, 0) is 60.8 Å². The number of carbonyl (C=O) groups is 1. The number of ether oxygens (including phenoxy) is 1.